The molecule has 2 saturated carbocycles. The zero-order valence-corrected chi connectivity index (χ0v) is 19.8. The summed E-state index contributed by atoms with van der Waals surface area (Å²) >= 11 is 0. The molecule has 3 N–H and O–H groups in total. The van der Waals surface area contributed by atoms with E-state index in [9.17, 15) is 19.8 Å². The molecule has 0 saturated heterocycles. The number of benzene rings is 2. The molecule has 0 spiro atoms. The number of aromatic carboxylic acids is 1. The summed E-state index contributed by atoms with van der Waals surface area (Å²) in [5.74, 6) is -0.439. The highest BCUT2D eigenvalue weighted by Gasteiger charge is 2.47. The Morgan fingerprint density at radius 2 is 1.48 bits per heavy atom. The molecule has 2 aliphatic rings. The summed E-state index contributed by atoms with van der Waals surface area (Å²) in [6, 6.07) is 16.2. The molecule has 0 heterocycles. The van der Waals surface area contributed by atoms with Gasteiger partial charge in [0.05, 0.1) is 13.0 Å². The van der Waals surface area contributed by atoms with Gasteiger partial charge in [-0.2, -0.15) is 0 Å². The average molecular weight is 452 g/mol. The van der Waals surface area contributed by atoms with Crippen LogP contribution in [-0.2, 0) is 0 Å². The first-order valence-corrected chi connectivity index (χ1v) is 12.3. The van der Waals surface area contributed by atoms with Crippen molar-refractivity contribution < 1.29 is 25.1 Å². The van der Waals surface area contributed by atoms with Crippen LogP contribution in [0.1, 0.15) is 90.7 Å². The highest BCUT2D eigenvalue weighted by atomic mass is 16.4. The Morgan fingerprint density at radius 3 is 2.00 bits per heavy atom. The van der Waals surface area contributed by atoms with Gasteiger partial charge >= 0.3 is 0 Å². The number of fused-ring (bicyclic) bond motifs is 1. The molecule has 0 radical (unpaired) electrons. The maximum Gasteiger partial charge on any atom is 0.169 e. The number of hydrogen-bond donors (Lipinski definition) is 2. The Bertz CT molecular complexity index is 897. The number of carboxylic acid groups (broad SMARTS) is 1. The summed E-state index contributed by atoms with van der Waals surface area (Å²) in [7, 11) is 1.97. The predicted octanol–water partition coefficient (Wildman–Crippen LogP) is 3.29. The van der Waals surface area contributed by atoms with Crippen molar-refractivity contribution in [2.24, 2.45) is 11.3 Å². The minimum atomic E-state index is -1.19. The smallest absolute Gasteiger partial charge is 0.169 e. The second-order valence-corrected chi connectivity index (χ2v) is 9.59. The molecule has 0 aliphatic heterocycles. The number of carbonyl (C=O) groups excluding carboxylic acids is 2. The van der Waals surface area contributed by atoms with Crippen molar-refractivity contribution >= 4 is 11.8 Å². The Hall–Kier alpha value is -2.50. The molecule has 0 bridgehead atoms. The van der Waals surface area contributed by atoms with Gasteiger partial charge in [-0.1, -0.05) is 80.3 Å². The van der Waals surface area contributed by atoms with Crippen LogP contribution in [0.2, 0.25) is 0 Å². The van der Waals surface area contributed by atoms with Crippen molar-refractivity contribution in [3.8, 4) is 0 Å². The van der Waals surface area contributed by atoms with Crippen molar-refractivity contribution in [1.82, 2.24) is 0 Å². The third kappa shape index (κ3) is 5.90. The lowest BCUT2D eigenvalue weighted by Crippen LogP contribution is -2.86. The molecule has 2 aromatic carbocycles. The molecule has 0 amide bonds. The molecule has 33 heavy (non-hydrogen) atoms. The van der Waals surface area contributed by atoms with Crippen molar-refractivity contribution in [3.63, 3.8) is 0 Å². The number of likely N-dealkylation sites (N-methyl/N-ethyl adjacent to an activating group) is 1. The topological polar surface area (TPSA) is 94.0 Å². The largest absolute Gasteiger partial charge is 0.545 e. The van der Waals surface area contributed by atoms with Gasteiger partial charge in [-0.3, -0.25) is 4.79 Å². The first-order chi connectivity index (χ1) is 15.9. The number of carboxylic acids is 1. The summed E-state index contributed by atoms with van der Waals surface area (Å²) in [5.41, 5.74) is 1.60. The van der Waals surface area contributed by atoms with Crippen LogP contribution in [0, 0.1) is 11.3 Å². The molecule has 2 atom stereocenters. The fraction of sp³-hybridized carbons (Fsp3) is 0.500. The fourth-order valence-electron chi connectivity index (χ4n) is 5.49. The number of rotatable bonds is 6. The van der Waals surface area contributed by atoms with Gasteiger partial charge in [-0.15, -0.1) is 0 Å². The molecule has 2 aromatic rings. The van der Waals surface area contributed by atoms with E-state index in [-0.39, 0.29) is 28.9 Å². The summed E-state index contributed by atoms with van der Waals surface area (Å²) in [5, 5.41) is 22.6. The predicted molar refractivity (Wildman–Crippen MR) is 127 cm³/mol. The monoisotopic (exact) mass is 451 g/mol. The number of aliphatic hydroxyl groups excluding tert-OH is 1. The maximum absolute atomic E-state index is 13.1. The van der Waals surface area contributed by atoms with E-state index in [0.717, 1.165) is 31.2 Å². The Labute approximate surface area is 197 Å². The Kier molecular flexibility index (Phi) is 8.81. The van der Waals surface area contributed by atoms with E-state index in [0.29, 0.717) is 11.5 Å². The van der Waals surface area contributed by atoms with Gasteiger partial charge in [0.2, 0.25) is 0 Å². The van der Waals surface area contributed by atoms with Crippen molar-refractivity contribution in [1.29, 1.82) is 0 Å². The van der Waals surface area contributed by atoms with Crippen LogP contribution < -0.4 is 10.4 Å². The molecule has 5 nitrogen and oxygen atoms in total. The highest BCUT2D eigenvalue weighted by Crippen LogP contribution is 2.52. The zero-order valence-electron chi connectivity index (χ0n) is 19.8. The minimum absolute atomic E-state index is 0.132. The molecule has 0 aromatic heterocycles. The van der Waals surface area contributed by atoms with Gasteiger partial charge in [0, 0.05) is 11.0 Å². The number of Topliss-reactive ketones (excluding diaryl/α,β-unsaturated/α-hetero) is 1. The van der Waals surface area contributed by atoms with E-state index < -0.39 is 5.97 Å². The Morgan fingerprint density at radius 1 is 0.939 bits per heavy atom. The molecule has 0 unspecified atom stereocenters. The molecule has 5 heteroatoms. The number of aliphatic hydroxyl groups is 1. The van der Waals surface area contributed by atoms with Crippen LogP contribution in [0.3, 0.4) is 0 Å². The van der Waals surface area contributed by atoms with E-state index >= 15 is 0 Å². The van der Waals surface area contributed by atoms with E-state index in [4.69, 9.17) is 0 Å². The lowest BCUT2D eigenvalue weighted by atomic mass is 9.56. The van der Waals surface area contributed by atoms with Crippen molar-refractivity contribution in [2.75, 3.05) is 7.05 Å². The van der Waals surface area contributed by atoms with Crippen LogP contribution in [0.5, 0.6) is 0 Å². The lowest BCUT2D eigenvalue weighted by Gasteiger charge is -2.46. The highest BCUT2D eigenvalue weighted by molar-refractivity contribution is 6.01. The van der Waals surface area contributed by atoms with E-state index in [2.05, 4.69) is 0 Å². The SMILES string of the molecule is C[NH2+][C@H](C)[C@H](O)c1ccccc1.O=C([O-])c1ccc(C(=O)C23CCCCC2CCCC3)cc1. The molecular weight excluding hydrogens is 414 g/mol. The van der Waals surface area contributed by atoms with Crippen molar-refractivity contribution in [3.05, 3.63) is 71.3 Å². The van der Waals surface area contributed by atoms with Crippen LogP contribution in [0.4, 0.5) is 0 Å². The number of hydrogen-bond acceptors (Lipinski definition) is 4. The standard InChI is InChI=1S/C18H22O3.C10H15NO/c19-16(13-7-9-14(10-8-13)17(20)21)18-11-3-1-5-15(18)6-2-4-12-18;1-8(11-2)10(12)9-6-4-3-5-7-9/h7-10,15H,1-6,11-12H2,(H,20,21);3-8,10-12H,1-2H3/t;8-,10+/m.1/s1. The van der Waals surface area contributed by atoms with Gasteiger partial charge < -0.3 is 20.3 Å². The first kappa shape index (κ1) is 25.1. The summed E-state index contributed by atoms with van der Waals surface area (Å²) in [6.45, 7) is 2.01. The number of nitrogens with two attached hydrogens (primary N) is 1. The molecule has 2 fully saturated rings. The summed E-state index contributed by atoms with van der Waals surface area (Å²) in [4.78, 5) is 23.9. The summed E-state index contributed by atoms with van der Waals surface area (Å²) < 4.78 is 0. The second kappa shape index (κ2) is 11.6. The van der Waals surface area contributed by atoms with Gasteiger partial charge in [-0.05, 0) is 49.7 Å². The third-order valence-corrected chi connectivity index (χ3v) is 7.63. The minimum Gasteiger partial charge on any atom is -0.545 e. The molecular formula is C28H37NO4. The Balaban J connectivity index is 0.000000218. The summed E-state index contributed by atoms with van der Waals surface area (Å²) in [6.07, 6.45) is 8.73. The third-order valence-electron chi connectivity index (χ3n) is 7.63. The first-order valence-electron chi connectivity index (χ1n) is 12.3. The van der Waals surface area contributed by atoms with Crippen LogP contribution >= 0.6 is 0 Å². The number of carbonyl (C=O) groups is 2. The van der Waals surface area contributed by atoms with Gasteiger partial charge in [-0.25, -0.2) is 0 Å². The fourth-order valence-corrected chi connectivity index (χ4v) is 5.49. The normalized spacial score (nSPS) is 23.9. The van der Waals surface area contributed by atoms with E-state index in [1.165, 1.54) is 37.8 Å². The lowest BCUT2D eigenvalue weighted by molar-refractivity contribution is -0.669. The molecule has 2 aliphatic carbocycles. The van der Waals surface area contributed by atoms with E-state index in [1.54, 1.807) is 12.1 Å². The quantitative estimate of drug-likeness (QED) is 0.659. The molecule has 4 rings (SSSR count). The van der Waals surface area contributed by atoms with Gasteiger partial charge in [0.15, 0.2) is 5.78 Å². The van der Waals surface area contributed by atoms with Crippen molar-refractivity contribution in [2.45, 2.75) is 70.4 Å². The van der Waals surface area contributed by atoms with Crippen LogP contribution in [0.25, 0.3) is 0 Å². The van der Waals surface area contributed by atoms with Gasteiger partial charge in [0.25, 0.3) is 0 Å². The van der Waals surface area contributed by atoms with E-state index in [1.807, 2.05) is 49.6 Å². The molecule has 178 valence electrons. The van der Waals surface area contributed by atoms with Gasteiger partial charge in [0.1, 0.15) is 12.1 Å². The second-order valence-electron chi connectivity index (χ2n) is 9.59. The average Bonchev–Trinajstić information content (AvgIpc) is 2.88. The van der Waals surface area contributed by atoms with Crippen LogP contribution in [0.15, 0.2) is 54.6 Å². The van der Waals surface area contributed by atoms with Crippen LogP contribution in [-0.4, -0.2) is 29.9 Å². The zero-order chi connectivity index (χ0) is 23.8. The number of ketones is 1. The number of quaternary nitrogens is 1. The maximum atomic E-state index is 13.1.